The number of carbonyl (C=O) groups excluding carboxylic acids is 1. The van der Waals surface area contributed by atoms with Crippen LogP contribution in [0.15, 0.2) is 42.5 Å². The Morgan fingerprint density at radius 3 is 2.59 bits per heavy atom. The molecule has 32 heavy (non-hydrogen) atoms. The second-order valence-electron chi connectivity index (χ2n) is 8.36. The highest BCUT2D eigenvalue weighted by Crippen LogP contribution is 2.33. The highest BCUT2D eigenvalue weighted by Gasteiger charge is 2.23. The monoisotopic (exact) mass is 456 g/mol. The van der Waals surface area contributed by atoms with Gasteiger partial charge in [-0.25, -0.2) is 4.39 Å². The Morgan fingerprint density at radius 1 is 1.16 bits per heavy atom. The van der Waals surface area contributed by atoms with Crippen LogP contribution in [-0.2, 0) is 29.2 Å². The number of hydrogen-bond acceptors (Lipinski definition) is 5. The van der Waals surface area contributed by atoms with E-state index in [1.807, 2.05) is 24.3 Å². The molecule has 5 nitrogen and oxygen atoms in total. The van der Waals surface area contributed by atoms with Crippen molar-refractivity contribution in [2.24, 2.45) is 0 Å². The summed E-state index contributed by atoms with van der Waals surface area (Å²) in [5, 5.41) is 3.51. The summed E-state index contributed by atoms with van der Waals surface area (Å²) < 4.78 is 26.3. The molecule has 2 unspecified atom stereocenters. The van der Waals surface area contributed by atoms with Gasteiger partial charge in [-0.15, -0.1) is 11.3 Å². The van der Waals surface area contributed by atoms with E-state index in [4.69, 9.17) is 9.47 Å². The van der Waals surface area contributed by atoms with Crippen LogP contribution in [0, 0.1) is 5.82 Å². The van der Waals surface area contributed by atoms with Crippen molar-refractivity contribution in [3.05, 3.63) is 69.8 Å². The lowest BCUT2D eigenvalue weighted by Crippen LogP contribution is -2.45. The number of benzene rings is 2. The lowest BCUT2D eigenvalue weighted by atomic mass is 10.1. The van der Waals surface area contributed by atoms with Crippen LogP contribution in [0.3, 0.4) is 0 Å². The summed E-state index contributed by atoms with van der Waals surface area (Å²) in [6.07, 6.45) is 0.413. The molecule has 1 saturated heterocycles. The SMILES string of the molecule is COCc1c(C(=O)NCc2ccccc2CN2CC(C)OC(C)C2)sc2cccc(F)c12. The van der Waals surface area contributed by atoms with Gasteiger partial charge in [0.25, 0.3) is 5.91 Å². The van der Waals surface area contributed by atoms with E-state index in [-0.39, 0.29) is 30.5 Å². The lowest BCUT2D eigenvalue weighted by Gasteiger charge is -2.35. The second kappa shape index (κ2) is 10.1. The molecule has 0 saturated carbocycles. The van der Waals surface area contributed by atoms with Crippen LogP contribution in [-0.4, -0.2) is 43.2 Å². The van der Waals surface area contributed by atoms with Gasteiger partial charge < -0.3 is 14.8 Å². The van der Waals surface area contributed by atoms with E-state index in [0.717, 1.165) is 29.9 Å². The minimum Gasteiger partial charge on any atom is -0.380 e. The quantitative estimate of drug-likeness (QED) is 0.559. The molecule has 3 aromatic rings. The van der Waals surface area contributed by atoms with Crippen LogP contribution in [0.5, 0.6) is 0 Å². The standard InChI is InChI=1S/C25H29FN2O3S/c1-16-12-28(13-17(2)31-16)14-19-8-5-4-7-18(19)11-27-25(29)24-20(15-30-3)23-21(26)9-6-10-22(23)32-24/h4-10,16-17H,11-15H2,1-3H3,(H,27,29). The van der Waals surface area contributed by atoms with Gasteiger partial charge in [-0.05, 0) is 37.1 Å². The molecule has 1 aromatic heterocycles. The Labute approximate surface area is 192 Å². The van der Waals surface area contributed by atoms with Gasteiger partial charge in [0.2, 0.25) is 0 Å². The third-order valence-electron chi connectivity index (χ3n) is 5.71. The summed E-state index contributed by atoms with van der Waals surface area (Å²) in [5.41, 5.74) is 2.87. The second-order valence-corrected chi connectivity index (χ2v) is 9.41. The molecule has 2 aromatic carbocycles. The Hall–Kier alpha value is -2.32. The van der Waals surface area contributed by atoms with Crippen molar-refractivity contribution in [1.82, 2.24) is 10.2 Å². The number of fused-ring (bicyclic) bond motifs is 1. The minimum atomic E-state index is -0.329. The molecule has 170 valence electrons. The Kier molecular flexibility index (Phi) is 7.20. The Morgan fingerprint density at radius 2 is 1.88 bits per heavy atom. The molecule has 0 aliphatic carbocycles. The van der Waals surface area contributed by atoms with Gasteiger partial charge >= 0.3 is 0 Å². The van der Waals surface area contributed by atoms with Gasteiger partial charge in [-0.1, -0.05) is 30.3 Å². The van der Waals surface area contributed by atoms with E-state index in [1.54, 1.807) is 13.2 Å². The number of thiophene rings is 1. The number of ether oxygens (including phenoxy) is 2. The molecule has 1 aliphatic rings. The Balaban J connectivity index is 1.51. The van der Waals surface area contributed by atoms with Crippen LogP contribution in [0.4, 0.5) is 4.39 Å². The van der Waals surface area contributed by atoms with Crippen LogP contribution in [0.2, 0.25) is 0 Å². The van der Waals surface area contributed by atoms with Crippen molar-refractivity contribution < 1.29 is 18.7 Å². The number of amides is 1. The molecule has 4 rings (SSSR count). The summed E-state index contributed by atoms with van der Waals surface area (Å²) in [4.78, 5) is 16.0. The zero-order chi connectivity index (χ0) is 22.7. The van der Waals surface area contributed by atoms with Crippen LogP contribution < -0.4 is 5.32 Å². The van der Waals surface area contributed by atoms with Crippen molar-refractivity contribution >= 4 is 27.3 Å². The molecule has 1 aliphatic heterocycles. The smallest absolute Gasteiger partial charge is 0.262 e. The maximum atomic E-state index is 14.4. The van der Waals surface area contributed by atoms with Gasteiger partial charge in [0.15, 0.2) is 0 Å². The molecule has 0 radical (unpaired) electrons. The molecule has 0 bridgehead atoms. The molecule has 7 heteroatoms. The molecule has 2 atom stereocenters. The first-order valence-electron chi connectivity index (χ1n) is 10.9. The summed E-state index contributed by atoms with van der Waals surface area (Å²) >= 11 is 1.30. The first kappa shape index (κ1) is 22.9. The van der Waals surface area contributed by atoms with Gasteiger partial charge in [-0.3, -0.25) is 9.69 Å². The van der Waals surface area contributed by atoms with E-state index < -0.39 is 0 Å². The van der Waals surface area contributed by atoms with Gasteiger partial charge in [-0.2, -0.15) is 0 Å². The van der Waals surface area contributed by atoms with Gasteiger partial charge in [0, 0.05) is 48.9 Å². The van der Waals surface area contributed by atoms with E-state index in [0.29, 0.717) is 22.4 Å². The normalized spacial score (nSPS) is 19.4. The zero-order valence-electron chi connectivity index (χ0n) is 18.7. The van der Waals surface area contributed by atoms with Crippen molar-refractivity contribution in [2.45, 2.75) is 45.8 Å². The van der Waals surface area contributed by atoms with E-state index in [9.17, 15) is 9.18 Å². The topological polar surface area (TPSA) is 50.8 Å². The molecular weight excluding hydrogens is 427 g/mol. The molecule has 1 N–H and O–H groups in total. The number of morpholine rings is 1. The largest absolute Gasteiger partial charge is 0.380 e. The fourth-order valence-corrected chi connectivity index (χ4v) is 5.57. The highest BCUT2D eigenvalue weighted by molar-refractivity contribution is 7.21. The van der Waals surface area contributed by atoms with E-state index in [1.165, 1.54) is 23.0 Å². The fourth-order valence-electron chi connectivity index (χ4n) is 4.43. The summed E-state index contributed by atoms with van der Waals surface area (Å²) in [6.45, 7) is 7.38. The van der Waals surface area contributed by atoms with Gasteiger partial charge in [0.05, 0.1) is 23.7 Å². The third kappa shape index (κ3) is 5.02. The fraction of sp³-hybridized carbons (Fsp3) is 0.400. The molecule has 1 amide bonds. The maximum Gasteiger partial charge on any atom is 0.262 e. The number of nitrogens with zero attached hydrogens (tertiary/aromatic N) is 1. The maximum absolute atomic E-state index is 14.4. The highest BCUT2D eigenvalue weighted by atomic mass is 32.1. The molecule has 0 spiro atoms. The average Bonchev–Trinajstić information content (AvgIpc) is 3.12. The molecular formula is C25H29FN2O3S. The number of carbonyl (C=O) groups is 1. The van der Waals surface area contributed by atoms with Crippen LogP contribution in [0.1, 0.15) is 40.2 Å². The van der Waals surface area contributed by atoms with Crippen molar-refractivity contribution in [1.29, 1.82) is 0 Å². The zero-order valence-corrected chi connectivity index (χ0v) is 19.5. The number of methoxy groups -OCH3 is 1. The van der Waals surface area contributed by atoms with Gasteiger partial charge in [0.1, 0.15) is 5.82 Å². The predicted octanol–water partition coefficient (Wildman–Crippen LogP) is 4.73. The van der Waals surface area contributed by atoms with Crippen LogP contribution in [0.25, 0.3) is 10.1 Å². The van der Waals surface area contributed by atoms with Crippen LogP contribution >= 0.6 is 11.3 Å². The number of halogens is 1. The first-order valence-corrected chi connectivity index (χ1v) is 11.7. The number of rotatable bonds is 7. The summed E-state index contributed by atoms with van der Waals surface area (Å²) in [5.74, 6) is -0.537. The van der Waals surface area contributed by atoms with E-state index in [2.05, 4.69) is 30.1 Å². The predicted molar refractivity (Wildman–Crippen MR) is 125 cm³/mol. The first-order chi connectivity index (χ1) is 15.5. The summed E-state index contributed by atoms with van der Waals surface area (Å²) in [6, 6.07) is 13.1. The lowest BCUT2D eigenvalue weighted by molar-refractivity contribution is -0.0705. The third-order valence-corrected chi connectivity index (χ3v) is 6.90. The number of hydrogen-bond donors (Lipinski definition) is 1. The average molecular weight is 457 g/mol. The van der Waals surface area contributed by atoms with Crippen molar-refractivity contribution in [3.63, 3.8) is 0 Å². The van der Waals surface area contributed by atoms with E-state index >= 15 is 0 Å². The van der Waals surface area contributed by atoms with Crippen molar-refractivity contribution in [2.75, 3.05) is 20.2 Å². The number of nitrogens with one attached hydrogen (secondary N) is 1. The molecule has 2 heterocycles. The summed E-state index contributed by atoms with van der Waals surface area (Å²) in [7, 11) is 1.55. The minimum absolute atomic E-state index is 0.188. The Bertz CT molecular complexity index is 1090. The molecule has 1 fully saturated rings. The van der Waals surface area contributed by atoms with Crippen molar-refractivity contribution in [3.8, 4) is 0 Å².